The molecular formula is C33H31N3O5. The number of aromatic nitrogens is 1. The number of allylic oxidation sites excluding steroid dienone is 2. The summed E-state index contributed by atoms with van der Waals surface area (Å²) < 4.78 is 10.9. The van der Waals surface area contributed by atoms with Crippen LogP contribution in [0.15, 0.2) is 115 Å². The number of hydrogen-bond acceptors (Lipinski definition) is 6. The number of rotatable bonds is 10. The predicted octanol–water partition coefficient (Wildman–Crippen LogP) is 5.11. The number of esters is 1. The number of amides is 1. The Bertz CT molecular complexity index is 1590. The van der Waals surface area contributed by atoms with Crippen LogP contribution in [-0.2, 0) is 38.7 Å². The predicted molar refractivity (Wildman–Crippen MR) is 155 cm³/mol. The van der Waals surface area contributed by atoms with Crippen LogP contribution in [0.3, 0.4) is 0 Å². The topological polar surface area (TPSA) is 124 Å². The fourth-order valence-electron chi connectivity index (χ4n) is 4.86. The number of ketones is 1. The number of nitrogens with two attached hydrogens (primary N) is 1. The largest absolute Gasteiger partial charge is 0.460 e. The van der Waals surface area contributed by atoms with E-state index in [0.717, 1.165) is 27.6 Å². The second-order valence-corrected chi connectivity index (χ2v) is 9.95. The number of hydrogen-bond donors (Lipinski definition) is 3. The molecule has 5 rings (SSSR count). The Kier molecular flexibility index (Phi) is 8.41. The van der Waals surface area contributed by atoms with Crippen molar-refractivity contribution in [2.24, 2.45) is 11.1 Å². The molecule has 0 radical (unpaired) electrons. The first-order chi connectivity index (χ1) is 19.9. The van der Waals surface area contributed by atoms with Crippen molar-refractivity contribution >= 4 is 28.7 Å². The van der Waals surface area contributed by atoms with E-state index < -0.39 is 29.3 Å². The lowest BCUT2D eigenvalue weighted by atomic mass is 9.74. The molecule has 1 heterocycles. The standard InChI is InChI=1S/C33H31N3O5/c34-28(19-25-20-35-29-14-8-7-13-27(25)29)30(37)33(31(38)40-21-23-9-3-1-4-10-23)17-15-26(16-18-33)36-32(39)41-22-24-11-5-2-6-12-24/h1-17,20,28,35H,18-19,21-22,34H2,(H,36,39)/t28-,33?/m0/s1. The van der Waals surface area contributed by atoms with Crippen molar-refractivity contribution in [1.29, 1.82) is 0 Å². The van der Waals surface area contributed by atoms with Crippen LogP contribution >= 0.6 is 0 Å². The molecular weight excluding hydrogens is 518 g/mol. The van der Waals surface area contributed by atoms with Crippen LogP contribution in [0.4, 0.5) is 4.79 Å². The van der Waals surface area contributed by atoms with E-state index in [-0.39, 0.29) is 26.1 Å². The van der Waals surface area contributed by atoms with Gasteiger partial charge in [-0.25, -0.2) is 4.79 Å². The first kappa shape index (κ1) is 27.6. The second-order valence-electron chi connectivity index (χ2n) is 9.95. The highest BCUT2D eigenvalue weighted by molar-refractivity contribution is 6.09. The smallest absolute Gasteiger partial charge is 0.411 e. The molecule has 0 saturated heterocycles. The fourth-order valence-corrected chi connectivity index (χ4v) is 4.86. The number of alkyl carbamates (subject to hydrolysis) is 1. The van der Waals surface area contributed by atoms with Gasteiger partial charge in [-0.05, 0) is 41.7 Å². The van der Waals surface area contributed by atoms with Gasteiger partial charge in [0.05, 0.1) is 6.04 Å². The highest BCUT2D eigenvalue weighted by Gasteiger charge is 2.47. The fraction of sp³-hybridized carbons (Fsp3) is 0.182. The third-order valence-corrected chi connectivity index (χ3v) is 7.12. The molecule has 1 amide bonds. The van der Waals surface area contributed by atoms with E-state index in [4.69, 9.17) is 15.2 Å². The van der Waals surface area contributed by atoms with Gasteiger partial charge >= 0.3 is 12.1 Å². The molecule has 208 valence electrons. The van der Waals surface area contributed by atoms with E-state index in [9.17, 15) is 14.4 Å². The van der Waals surface area contributed by atoms with Gasteiger partial charge in [-0.3, -0.25) is 14.9 Å². The van der Waals surface area contributed by atoms with E-state index >= 15 is 0 Å². The number of aromatic amines is 1. The van der Waals surface area contributed by atoms with Gasteiger partial charge < -0.3 is 20.2 Å². The summed E-state index contributed by atoms with van der Waals surface area (Å²) in [5.74, 6) is -1.15. The molecule has 3 aromatic carbocycles. The van der Waals surface area contributed by atoms with Crippen LogP contribution in [-0.4, -0.2) is 28.9 Å². The SMILES string of the molecule is N[C@@H](Cc1c[nH]c2ccccc12)C(=O)C1(C(=O)OCc2ccccc2)C=CC(NC(=O)OCc2ccccc2)=CC1. The first-order valence-electron chi connectivity index (χ1n) is 13.4. The third kappa shape index (κ3) is 6.45. The van der Waals surface area contributed by atoms with Crippen molar-refractivity contribution in [2.75, 3.05) is 0 Å². The molecule has 1 aliphatic rings. The molecule has 0 bridgehead atoms. The number of benzene rings is 3. The van der Waals surface area contributed by atoms with Crippen LogP contribution < -0.4 is 11.1 Å². The minimum absolute atomic E-state index is 0.0147. The number of para-hydroxylation sites is 1. The van der Waals surface area contributed by atoms with Crippen molar-refractivity contribution in [3.05, 3.63) is 132 Å². The molecule has 2 atom stereocenters. The van der Waals surface area contributed by atoms with E-state index in [1.165, 1.54) is 12.2 Å². The third-order valence-electron chi connectivity index (χ3n) is 7.12. The first-order valence-corrected chi connectivity index (χ1v) is 13.4. The van der Waals surface area contributed by atoms with Gasteiger partial charge in [0.1, 0.15) is 18.6 Å². The quantitative estimate of drug-likeness (QED) is 0.187. The molecule has 0 spiro atoms. The Morgan fingerprint density at radius 3 is 2.17 bits per heavy atom. The summed E-state index contributed by atoms with van der Waals surface area (Å²) in [6.07, 6.45) is 6.02. The van der Waals surface area contributed by atoms with Gasteiger partial charge in [-0.15, -0.1) is 0 Å². The molecule has 8 nitrogen and oxygen atoms in total. The van der Waals surface area contributed by atoms with Gasteiger partial charge in [0.2, 0.25) is 0 Å². The number of carbonyl (C=O) groups excluding carboxylic acids is 3. The number of H-pyrrole nitrogens is 1. The molecule has 4 aromatic rings. The average Bonchev–Trinajstić information content (AvgIpc) is 3.42. The Labute approximate surface area is 237 Å². The molecule has 0 saturated carbocycles. The Hall–Kier alpha value is -4.95. The molecule has 1 aromatic heterocycles. The maximum atomic E-state index is 13.9. The summed E-state index contributed by atoms with van der Waals surface area (Å²) in [5, 5.41) is 3.63. The van der Waals surface area contributed by atoms with Crippen molar-refractivity contribution in [3.63, 3.8) is 0 Å². The highest BCUT2D eigenvalue weighted by atomic mass is 16.5. The van der Waals surface area contributed by atoms with E-state index in [0.29, 0.717) is 5.70 Å². The Morgan fingerprint density at radius 2 is 1.51 bits per heavy atom. The summed E-state index contributed by atoms with van der Waals surface area (Å²) >= 11 is 0. The van der Waals surface area contributed by atoms with Gasteiger partial charge in [0, 0.05) is 22.8 Å². The van der Waals surface area contributed by atoms with Crippen LogP contribution in [0.5, 0.6) is 0 Å². The minimum atomic E-state index is -1.64. The maximum Gasteiger partial charge on any atom is 0.411 e. The molecule has 0 aliphatic heterocycles. The highest BCUT2D eigenvalue weighted by Crippen LogP contribution is 2.34. The lowest BCUT2D eigenvalue weighted by molar-refractivity contribution is -0.158. The normalized spacial score (nSPS) is 17.0. The van der Waals surface area contributed by atoms with E-state index in [2.05, 4.69) is 10.3 Å². The lowest BCUT2D eigenvalue weighted by Crippen LogP contribution is -2.49. The number of ether oxygens (including phenoxy) is 2. The van der Waals surface area contributed by atoms with Crippen LogP contribution in [0.1, 0.15) is 23.1 Å². The summed E-state index contributed by atoms with van der Waals surface area (Å²) in [4.78, 5) is 43.0. The lowest BCUT2D eigenvalue weighted by Gasteiger charge is -2.31. The van der Waals surface area contributed by atoms with Gasteiger partial charge in [0.25, 0.3) is 0 Å². The van der Waals surface area contributed by atoms with Gasteiger partial charge in [-0.2, -0.15) is 0 Å². The maximum absolute atomic E-state index is 13.9. The monoisotopic (exact) mass is 549 g/mol. The number of fused-ring (bicyclic) bond motifs is 1. The minimum Gasteiger partial charge on any atom is -0.460 e. The molecule has 0 fully saturated rings. The summed E-state index contributed by atoms with van der Waals surface area (Å²) in [6.45, 7) is 0.126. The van der Waals surface area contributed by atoms with E-state index in [1.807, 2.05) is 91.1 Å². The summed E-state index contributed by atoms with van der Waals surface area (Å²) in [6, 6.07) is 25.3. The second kappa shape index (κ2) is 12.5. The van der Waals surface area contributed by atoms with Crippen LogP contribution in [0, 0.1) is 5.41 Å². The zero-order valence-electron chi connectivity index (χ0n) is 22.4. The van der Waals surface area contributed by atoms with Gasteiger partial charge in [0.15, 0.2) is 5.78 Å². The van der Waals surface area contributed by atoms with Crippen molar-refractivity contribution in [3.8, 4) is 0 Å². The Balaban J connectivity index is 1.30. The zero-order valence-corrected chi connectivity index (χ0v) is 22.4. The molecule has 8 heteroatoms. The van der Waals surface area contributed by atoms with Gasteiger partial charge in [-0.1, -0.05) is 91.0 Å². The van der Waals surface area contributed by atoms with Crippen LogP contribution in [0.25, 0.3) is 10.9 Å². The summed E-state index contributed by atoms with van der Waals surface area (Å²) in [7, 11) is 0. The van der Waals surface area contributed by atoms with Crippen LogP contribution in [0.2, 0.25) is 0 Å². The van der Waals surface area contributed by atoms with Crippen molar-refractivity contribution in [2.45, 2.75) is 32.1 Å². The Morgan fingerprint density at radius 1 is 0.878 bits per heavy atom. The van der Waals surface area contributed by atoms with E-state index in [1.54, 1.807) is 6.08 Å². The molecule has 1 aliphatic carbocycles. The number of nitrogens with one attached hydrogen (secondary N) is 2. The molecule has 1 unspecified atom stereocenters. The summed E-state index contributed by atoms with van der Waals surface area (Å²) in [5.41, 5.74) is 8.70. The van der Waals surface area contributed by atoms with Crippen molar-refractivity contribution < 1.29 is 23.9 Å². The molecule has 4 N–H and O–H groups in total. The number of Topliss-reactive ketones (excluding diaryl/α,β-unsaturated/α-hetero) is 1. The average molecular weight is 550 g/mol. The van der Waals surface area contributed by atoms with Crippen molar-refractivity contribution in [1.82, 2.24) is 10.3 Å². The molecule has 41 heavy (non-hydrogen) atoms. The number of carbonyl (C=O) groups is 3. The zero-order chi connectivity index (χ0) is 28.7.